The van der Waals surface area contributed by atoms with Gasteiger partial charge in [-0.25, -0.2) is 13.8 Å². The van der Waals surface area contributed by atoms with Gasteiger partial charge in [-0.1, -0.05) is 31.1 Å². The highest BCUT2D eigenvalue weighted by atomic mass is 19.3. The maximum absolute atomic E-state index is 13.3. The number of nitrogens with zero attached hydrogens (tertiary/aromatic N) is 5. The Kier molecular flexibility index (Phi) is 5.40. The van der Waals surface area contributed by atoms with E-state index in [4.69, 9.17) is 4.52 Å². The van der Waals surface area contributed by atoms with E-state index in [0.717, 1.165) is 24.0 Å². The van der Waals surface area contributed by atoms with Crippen LogP contribution in [-0.4, -0.2) is 37.6 Å². The molecule has 154 valence electrons. The smallest absolute Gasteiger partial charge is 0.261 e. The van der Waals surface area contributed by atoms with Crippen LogP contribution < -0.4 is 5.56 Å². The summed E-state index contributed by atoms with van der Waals surface area (Å²) in [4.78, 5) is 24.0. The lowest BCUT2D eigenvalue weighted by atomic mass is 10.1. The predicted molar refractivity (Wildman–Crippen MR) is 103 cm³/mol. The molecule has 1 saturated heterocycles. The highest BCUT2D eigenvalue weighted by Crippen LogP contribution is 2.32. The lowest BCUT2D eigenvalue weighted by molar-refractivity contribution is 0.119. The van der Waals surface area contributed by atoms with Crippen molar-refractivity contribution >= 4 is 10.9 Å². The van der Waals surface area contributed by atoms with Gasteiger partial charge in [0.1, 0.15) is 5.82 Å². The van der Waals surface area contributed by atoms with E-state index in [0.29, 0.717) is 35.0 Å². The lowest BCUT2D eigenvalue weighted by Gasteiger charge is -2.25. The van der Waals surface area contributed by atoms with Crippen molar-refractivity contribution in [3.05, 3.63) is 52.2 Å². The summed E-state index contributed by atoms with van der Waals surface area (Å²) in [5, 5.41) is 4.33. The molecule has 9 heteroatoms. The van der Waals surface area contributed by atoms with E-state index in [1.807, 2.05) is 13.8 Å². The number of likely N-dealkylation sites (tertiary alicyclic amines) is 1. The first-order valence-corrected chi connectivity index (χ1v) is 9.78. The van der Waals surface area contributed by atoms with Crippen LogP contribution in [0.15, 0.2) is 33.6 Å². The van der Waals surface area contributed by atoms with E-state index in [2.05, 4.69) is 20.0 Å². The summed E-state index contributed by atoms with van der Waals surface area (Å²) in [5.74, 6) is 1.63. The first kappa shape index (κ1) is 19.6. The summed E-state index contributed by atoms with van der Waals surface area (Å²) >= 11 is 0. The fraction of sp³-hybridized carbons (Fsp3) is 0.500. The summed E-state index contributed by atoms with van der Waals surface area (Å²) in [7, 11) is 0. The molecule has 1 aliphatic rings. The van der Waals surface area contributed by atoms with Crippen molar-refractivity contribution in [2.24, 2.45) is 0 Å². The van der Waals surface area contributed by atoms with Crippen molar-refractivity contribution in [2.75, 3.05) is 6.54 Å². The molecule has 0 spiro atoms. The Morgan fingerprint density at radius 1 is 1.24 bits per heavy atom. The molecule has 0 amide bonds. The highest BCUT2D eigenvalue weighted by Gasteiger charge is 2.32. The zero-order valence-corrected chi connectivity index (χ0v) is 16.4. The van der Waals surface area contributed by atoms with Crippen LogP contribution in [0.25, 0.3) is 10.9 Å². The molecule has 2 aromatic heterocycles. The third kappa shape index (κ3) is 3.91. The third-order valence-electron chi connectivity index (χ3n) is 5.21. The average molecular weight is 403 g/mol. The van der Waals surface area contributed by atoms with Crippen molar-refractivity contribution in [1.29, 1.82) is 0 Å². The second kappa shape index (κ2) is 7.98. The van der Waals surface area contributed by atoms with Crippen LogP contribution in [0.2, 0.25) is 0 Å². The van der Waals surface area contributed by atoms with Gasteiger partial charge in [-0.2, -0.15) is 4.98 Å². The van der Waals surface area contributed by atoms with Crippen LogP contribution in [-0.2, 0) is 13.1 Å². The number of hydrogen-bond donors (Lipinski definition) is 0. The molecule has 1 aliphatic heterocycles. The number of para-hydroxylation sites is 1. The monoisotopic (exact) mass is 403 g/mol. The molecular weight excluding hydrogens is 380 g/mol. The molecule has 3 aromatic rings. The Hall–Kier alpha value is -2.68. The number of hydrogen-bond acceptors (Lipinski definition) is 6. The molecular formula is C20H23F2N5O2. The van der Waals surface area contributed by atoms with Gasteiger partial charge in [0.25, 0.3) is 12.0 Å². The topological polar surface area (TPSA) is 77.0 Å². The van der Waals surface area contributed by atoms with Crippen molar-refractivity contribution in [2.45, 2.75) is 58.2 Å². The Balaban J connectivity index is 1.72. The second-order valence-corrected chi connectivity index (χ2v) is 7.62. The SMILES string of the molecule is CC(C)c1noc(CN2CCCC2c2nc3ccccc3c(=O)n2CC(F)F)n1. The number of rotatable bonds is 6. The summed E-state index contributed by atoms with van der Waals surface area (Å²) in [6.07, 6.45) is -1.05. The summed E-state index contributed by atoms with van der Waals surface area (Å²) in [6, 6.07) is 6.59. The van der Waals surface area contributed by atoms with E-state index >= 15 is 0 Å². The van der Waals surface area contributed by atoms with Gasteiger partial charge in [-0.05, 0) is 31.5 Å². The summed E-state index contributed by atoms with van der Waals surface area (Å²) < 4.78 is 33.0. The van der Waals surface area contributed by atoms with Gasteiger partial charge >= 0.3 is 0 Å². The van der Waals surface area contributed by atoms with E-state index in [1.54, 1.807) is 24.3 Å². The minimum Gasteiger partial charge on any atom is -0.338 e. The molecule has 1 atom stereocenters. The molecule has 0 N–H and O–H groups in total. The van der Waals surface area contributed by atoms with Crippen molar-refractivity contribution in [1.82, 2.24) is 24.6 Å². The van der Waals surface area contributed by atoms with Gasteiger partial charge < -0.3 is 4.52 Å². The fourth-order valence-corrected chi connectivity index (χ4v) is 3.80. The van der Waals surface area contributed by atoms with Crippen LogP contribution in [0.5, 0.6) is 0 Å². The highest BCUT2D eigenvalue weighted by molar-refractivity contribution is 5.77. The van der Waals surface area contributed by atoms with E-state index < -0.39 is 18.5 Å². The summed E-state index contributed by atoms with van der Waals surface area (Å²) in [5.41, 5.74) is 0.0855. The van der Waals surface area contributed by atoms with Gasteiger partial charge in [-0.3, -0.25) is 14.3 Å². The van der Waals surface area contributed by atoms with Gasteiger partial charge in [0.2, 0.25) is 5.89 Å². The van der Waals surface area contributed by atoms with Gasteiger partial charge in [-0.15, -0.1) is 0 Å². The zero-order chi connectivity index (χ0) is 20.5. The first-order valence-electron chi connectivity index (χ1n) is 9.78. The largest absolute Gasteiger partial charge is 0.338 e. The normalized spacial score (nSPS) is 17.8. The Labute approximate surface area is 166 Å². The van der Waals surface area contributed by atoms with Crippen molar-refractivity contribution in [3.63, 3.8) is 0 Å². The second-order valence-electron chi connectivity index (χ2n) is 7.62. The van der Waals surface area contributed by atoms with E-state index in [-0.39, 0.29) is 12.0 Å². The molecule has 0 aliphatic carbocycles. The van der Waals surface area contributed by atoms with Gasteiger partial charge in [0.05, 0.1) is 30.0 Å². The molecule has 29 heavy (non-hydrogen) atoms. The molecule has 1 fully saturated rings. The molecule has 0 saturated carbocycles. The van der Waals surface area contributed by atoms with Crippen LogP contribution >= 0.6 is 0 Å². The van der Waals surface area contributed by atoms with Gasteiger partial charge in [0, 0.05) is 5.92 Å². The minimum atomic E-state index is -2.64. The molecule has 0 bridgehead atoms. The Bertz CT molecular complexity index is 1060. The van der Waals surface area contributed by atoms with E-state index in [9.17, 15) is 13.6 Å². The number of halogens is 2. The molecule has 3 heterocycles. The quantitative estimate of drug-likeness (QED) is 0.627. The third-order valence-corrected chi connectivity index (χ3v) is 5.21. The van der Waals surface area contributed by atoms with E-state index in [1.165, 1.54) is 0 Å². The van der Waals surface area contributed by atoms with Crippen molar-refractivity contribution in [3.8, 4) is 0 Å². The van der Waals surface area contributed by atoms with Crippen LogP contribution in [0.4, 0.5) is 8.78 Å². The average Bonchev–Trinajstić information content (AvgIpc) is 3.34. The summed E-state index contributed by atoms with van der Waals surface area (Å²) in [6.45, 7) is 4.42. The fourth-order valence-electron chi connectivity index (χ4n) is 3.80. The van der Waals surface area contributed by atoms with Crippen LogP contribution in [0.1, 0.15) is 56.2 Å². The Morgan fingerprint density at radius 2 is 2.03 bits per heavy atom. The number of alkyl halides is 2. The van der Waals surface area contributed by atoms with Crippen molar-refractivity contribution < 1.29 is 13.3 Å². The van der Waals surface area contributed by atoms with Crippen LogP contribution in [0.3, 0.4) is 0 Å². The molecule has 0 radical (unpaired) electrons. The standard InChI is InChI=1S/C20H23F2N5O2/c1-12(2)18-24-17(29-25-18)11-26-9-5-8-15(26)19-23-14-7-4-3-6-13(14)20(28)27(19)10-16(21)22/h3-4,6-7,12,15-16H,5,8-11H2,1-2H3. The van der Waals surface area contributed by atoms with Crippen LogP contribution in [0, 0.1) is 0 Å². The van der Waals surface area contributed by atoms with Gasteiger partial charge in [0.15, 0.2) is 5.82 Å². The molecule has 1 aromatic carbocycles. The molecule has 4 rings (SSSR count). The molecule has 7 nitrogen and oxygen atoms in total. The number of aromatic nitrogens is 4. The zero-order valence-electron chi connectivity index (χ0n) is 16.4. The lowest BCUT2D eigenvalue weighted by Crippen LogP contribution is -2.33. The molecule has 1 unspecified atom stereocenters. The number of fused-ring (bicyclic) bond motifs is 1. The predicted octanol–water partition coefficient (Wildman–Crippen LogP) is 3.51. The Morgan fingerprint density at radius 3 is 2.76 bits per heavy atom. The maximum atomic E-state index is 13.3. The number of benzene rings is 1. The minimum absolute atomic E-state index is 0.153. The maximum Gasteiger partial charge on any atom is 0.261 e. The first-order chi connectivity index (χ1) is 13.9.